The average molecular weight is 1390 g/mol. The minimum Gasteiger partial charge on any atom is -0.458 e. The Morgan fingerprint density at radius 3 is 1.43 bits per heavy atom. The molecule has 10 heteroatoms. The van der Waals surface area contributed by atoms with Crippen molar-refractivity contribution in [3.8, 4) is 33.8 Å². The Hall–Kier alpha value is -13.1. The zero-order chi connectivity index (χ0) is 69.5. The first-order valence-electron chi connectivity index (χ1n) is 36.3. The van der Waals surface area contributed by atoms with E-state index in [1.165, 1.54) is 62.2 Å². The van der Waals surface area contributed by atoms with Crippen LogP contribution in [0.4, 0.5) is 85.3 Å². The largest absolute Gasteiger partial charge is 0.458 e. The van der Waals surface area contributed by atoms with Crippen LogP contribution in [0.5, 0.6) is 11.5 Å². The Morgan fingerprint density at radius 1 is 0.274 bits per heavy atom. The zero-order valence-electron chi connectivity index (χ0n) is 57.3. The summed E-state index contributed by atoms with van der Waals surface area (Å²) in [4.78, 5) is 12.8. The second-order valence-electron chi connectivity index (χ2n) is 27.8. The van der Waals surface area contributed by atoms with E-state index in [0.29, 0.717) is 0 Å². The lowest BCUT2D eigenvalue weighted by molar-refractivity contribution is 0.487. The molecule has 106 heavy (non-hydrogen) atoms. The van der Waals surface area contributed by atoms with Crippen molar-refractivity contribution in [2.24, 2.45) is 0 Å². The van der Waals surface area contributed by atoms with Crippen LogP contribution >= 0.6 is 22.7 Å². The monoisotopic (exact) mass is 1390 g/mol. The van der Waals surface area contributed by atoms with E-state index >= 15 is 0 Å². The van der Waals surface area contributed by atoms with E-state index in [1.54, 1.807) is 0 Å². The van der Waals surface area contributed by atoms with E-state index in [1.807, 2.05) is 22.7 Å². The predicted octanol–water partition coefficient (Wildman–Crippen LogP) is 23.2. The van der Waals surface area contributed by atoms with Crippen molar-refractivity contribution in [1.29, 1.82) is 0 Å². The summed E-state index contributed by atoms with van der Waals surface area (Å²) in [5.41, 5.74) is 27.6. The number of para-hydroxylation sites is 7. The molecule has 4 aliphatic rings. The van der Waals surface area contributed by atoms with Crippen molar-refractivity contribution in [3.63, 3.8) is 0 Å². The van der Waals surface area contributed by atoms with Crippen molar-refractivity contribution in [3.05, 3.63) is 370 Å². The van der Waals surface area contributed by atoms with Crippen LogP contribution in [0, 0.1) is 0 Å². The number of hydrogen-bond donors (Lipinski definition) is 0. The molecule has 0 atom stereocenters. The molecule has 0 bridgehead atoms. The standard InChI is InChI=1S/C96H61B2N5OS2/c1-7-30-62(31-8-1)70-44-27-45-71(63-32-9-2-10-33-63)95(70)103-83-61-82-77(60-78(83)98-76-48-22-24-52-87(76)104-88-59-69(58-86(103)94(88)98)100(66-38-15-5-16-39-66)81-51-28-46-73-72-42-19-25-53-89(72)106-96(73)81)97-75-47-21-23-49-79(75)101(67-40-17-6-18-41-67)84-56-68(99(64-34-11-3-12-35-64)65-36-13-4-14-37-65)57-85(93(84)97)102(82)80-50-29-55-91-92(80)74-43-20-26-54-90(74)105-91/h1-61H. The fourth-order valence-corrected chi connectivity index (χ4v) is 20.0. The van der Waals surface area contributed by atoms with Gasteiger partial charge in [-0.25, -0.2) is 0 Å². The molecular weight excluding hydrogens is 1320 g/mol. The molecule has 4 aliphatic heterocycles. The maximum atomic E-state index is 7.65. The fraction of sp³-hybridized carbons (Fsp3) is 0. The molecule has 0 saturated heterocycles. The molecule has 2 aromatic heterocycles. The molecule has 0 N–H and O–H groups in total. The van der Waals surface area contributed by atoms with Crippen molar-refractivity contribution >= 4 is 195 Å². The van der Waals surface area contributed by atoms with Crippen LogP contribution in [0.15, 0.2) is 370 Å². The van der Waals surface area contributed by atoms with Crippen LogP contribution in [-0.4, -0.2) is 13.4 Å². The van der Waals surface area contributed by atoms with E-state index in [2.05, 4.69) is 395 Å². The Kier molecular flexibility index (Phi) is 13.8. The molecule has 0 amide bonds. The third-order valence-electron chi connectivity index (χ3n) is 22.0. The highest BCUT2D eigenvalue weighted by Gasteiger charge is 2.49. The summed E-state index contributed by atoms with van der Waals surface area (Å²) in [5, 5.41) is 4.92. The Bertz CT molecular complexity index is 6460. The molecule has 6 heterocycles. The number of hydrogen-bond acceptors (Lipinski definition) is 8. The Labute approximate surface area is 623 Å². The second kappa shape index (κ2) is 24.3. The number of ether oxygens (including phenoxy) is 1. The number of anilines is 15. The van der Waals surface area contributed by atoms with E-state index < -0.39 is 0 Å². The Morgan fingerprint density at radius 2 is 0.755 bits per heavy atom. The second-order valence-corrected chi connectivity index (χ2v) is 29.9. The van der Waals surface area contributed by atoms with Gasteiger partial charge in [-0.3, -0.25) is 0 Å². The smallest absolute Gasteiger partial charge is 0.256 e. The number of benzene rings is 16. The van der Waals surface area contributed by atoms with Gasteiger partial charge in [0.25, 0.3) is 13.4 Å². The topological polar surface area (TPSA) is 25.4 Å². The number of fused-ring (bicyclic) bond motifs is 14. The lowest BCUT2D eigenvalue weighted by Gasteiger charge is -2.47. The summed E-state index contributed by atoms with van der Waals surface area (Å²) in [6.07, 6.45) is 0. The van der Waals surface area contributed by atoms with Gasteiger partial charge in [0.2, 0.25) is 0 Å². The van der Waals surface area contributed by atoms with Crippen LogP contribution in [-0.2, 0) is 0 Å². The molecule has 22 rings (SSSR count). The fourth-order valence-electron chi connectivity index (χ4n) is 17.7. The van der Waals surface area contributed by atoms with Crippen LogP contribution < -0.4 is 62.0 Å². The van der Waals surface area contributed by atoms with Gasteiger partial charge in [-0.05, 0) is 159 Å². The van der Waals surface area contributed by atoms with Crippen LogP contribution in [0.25, 0.3) is 62.6 Å². The van der Waals surface area contributed by atoms with Gasteiger partial charge in [0.1, 0.15) is 11.5 Å². The predicted molar refractivity (Wildman–Crippen MR) is 452 cm³/mol. The van der Waals surface area contributed by atoms with Crippen molar-refractivity contribution in [2.75, 3.05) is 24.5 Å². The molecule has 18 aromatic rings. The maximum Gasteiger partial charge on any atom is 0.256 e. The summed E-state index contributed by atoms with van der Waals surface area (Å²) in [6, 6.07) is 137. The van der Waals surface area contributed by atoms with Gasteiger partial charge in [0, 0.05) is 110 Å². The summed E-state index contributed by atoms with van der Waals surface area (Å²) < 4.78 is 12.6. The molecule has 0 saturated carbocycles. The number of thiophene rings is 2. The number of nitrogens with zero attached hydrogens (tertiary/aromatic N) is 5. The van der Waals surface area contributed by atoms with Crippen molar-refractivity contribution in [2.45, 2.75) is 0 Å². The van der Waals surface area contributed by atoms with Gasteiger partial charge < -0.3 is 29.2 Å². The van der Waals surface area contributed by atoms with Crippen molar-refractivity contribution < 1.29 is 4.74 Å². The molecule has 494 valence electrons. The third kappa shape index (κ3) is 9.31. The summed E-state index contributed by atoms with van der Waals surface area (Å²) >= 11 is 3.72. The summed E-state index contributed by atoms with van der Waals surface area (Å²) in [6.45, 7) is -0.530. The molecule has 0 aliphatic carbocycles. The lowest BCUT2D eigenvalue weighted by Crippen LogP contribution is -2.64. The average Bonchev–Trinajstić information content (AvgIpc) is 0.684. The van der Waals surface area contributed by atoms with E-state index in [-0.39, 0.29) is 13.4 Å². The van der Waals surface area contributed by atoms with Crippen LogP contribution in [0.2, 0.25) is 0 Å². The SMILES string of the molecule is c1ccc(-c2cccc(-c3ccccc3)c2N2c3cc4c(cc3B3c5ccccc5Oc5cc(N(c6ccccc6)c6cccc7c6sc6ccccc67)cc2c53)B2c3ccccc3N(c3ccccc3)c3cc(N(c5ccccc5)c5ccccc5)cc(c32)N4c2cccc3sc4ccccc4c23)cc1. The number of rotatable bonds is 11. The molecule has 0 fully saturated rings. The van der Waals surface area contributed by atoms with Crippen LogP contribution in [0.3, 0.4) is 0 Å². The zero-order valence-corrected chi connectivity index (χ0v) is 59.0. The quantitative estimate of drug-likeness (QED) is 0.120. The van der Waals surface area contributed by atoms with Gasteiger partial charge in [0.05, 0.1) is 33.1 Å². The van der Waals surface area contributed by atoms with Gasteiger partial charge in [0.15, 0.2) is 0 Å². The molecule has 0 radical (unpaired) electrons. The van der Waals surface area contributed by atoms with Gasteiger partial charge in [-0.15, -0.1) is 22.7 Å². The first kappa shape index (κ1) is 60.5. The highest BCUT2D eigenvalue weighted by atomic mass is 32.1. The first-order valence-corrected chi connectivity index (χ1v) is 37.9. The lowest BCUT2D eigenvalue weighted by atomic mass is 9.30. The molecule has 16 aromatic carbocycles. The van der Waals surface area contributed by atoms with E-state index in [0.717, 1.165) is 130 Å². The summed E-state index contributed by atoms with van der Waals surface area (Å²) in [7, 11) is 0. The van der Waals surface area contributed by atoms with Crippen LogP contribution in [0.1, 0.15) is 0 Å². The first-order chi connectivity index (χ1) is 52.6. The minimum absolute atomic E-state index is 0.244. The highest BCUT2D eigenvalue weighted by molar-refractivity contribution is 7.26. The molecule has 6 nitrogen and oxygen atoms in total. The van der Waals surface area contributed by atoms with Gasteiger partial charge >= 0.3 is 0 Å². The molecule has 0 spiro atoms. The van der Waals surface area contributed by atoms with Crippen molar-refractivity contribution in [1.82, 2.24) is 0 Å². The third-order valence-corrected chi connectivity index (χ3v) is 24.3. The van der Waals surface area contributed by atoms with E-state index in [9.17, 15) is 0 Å². The van der Waals surface area contributed by atoms with Gasteiger partial charge in [-0.2, -0.15) is 0 Å². The Balaban J connectivity index is 0.905. The highest BCUT2D eigenvalue weighted by Crippen LogP contribution is 2.56. The minimum atomic E-state index is -0.285. The maximum absolute atomic E-state index is 7.65. The summed E-state index contributed by atoms with van der Waals surface area (Å²) in [5.74, 6) is 1.65. The van der Waals surface area contributed by atoms with E-state index in [4.69, 9.17) is 4.74 Å². The normalized spacial score (nSPS) is 12.9. The molecular formula is C96H61B2N5OS2. The molecule has 0 unspecified atom stereocenters. The van der Waals surface area contributed by atoms with Gasteiger partial charge in [-0.1, -0.05) is 249 Å².